The summed E-state index contributed by atoms with van der Waals surface area (Å²) in [4.78, 5) is 1.74. The fourth-order valence-electron chi connectivity index (χ4n) is 1.34. The largest absolute Gasteiger partial charge is 0.437 e. The van der Waals surface area contributed by atoms with Gasteiger partial charge in [-0.2, -0.15) is 13.2 Å². The molecule has 0 aromatic carbocycles. The van der Waals surface area contributed by atoms with Crippen LogP contribution in [0.1, 0.15) is 23.9 Å². The first kappa shape index (κ1) is 12.0. The monoisotopic (exact) mass is 222 g/mol. The van der Waals surface area contributed by atoms with Gasteiger partial charge in [0.2, 0.25) is 0 Å². The molecule has 86 valence electrons. The molecule has 0 saturated carbocycles. The molecule has 3 nitrogen and oxygen atoms in total. The van der Waals surface area contributed by atoms with E-state index < -0.39 is 11.9 Å². The standard InChI is InChI=1S/C9H13F3N2O/c1-4-6-7(5-14(2)3)15-13-8(6)9(10,11)12/h4-5H2,1-3H3. The summed E-state index contributed by atoms with van der Waals surface area (Å²) in [6.45, 7) is 1.98. The van der Waals surface area contributed by atoms with E-state index in [1.165, 1.54) is 0 Å². The SMILES string of the molecule is CCc1c(C(F)(F)F)noc1CN(C)C. The van der Waals surface area contributed by atoms with Gasteiger partial charge in [0.1, 0.15) is 0 Å². The highest BCUT2D eigenvalue weighted by molar-refractivity contribution is 5.25. The van der Waals surface area contributed by atoms with Gasteiger partial charge in [0.15, 0.2) is 11.5 Å². The topological polar surface area (TPSA) is 29.3 Å². The fraction of sp³-hybridized carbons (Fsp3) is 0.667. The molecule has 1 aromatic rings. The number of nitrogens with zero attached hydrogens (tertiary/aromatic N) is 2. The van der Waals surface area contributed by atoms with Crippen LogP contribution in [0, 0.1) is 0 Å². The first-order valence-corrected chi connectivity index (χ1v) is 4.55. The Labute approximate surface area is 85.8 Å². The zero-order valence-electron chi connectivity index (χ0n) is 8.85. The number of rotatable bonds is 3. The van der Waals surface area contributed by atoms with Crippen molar-refractivity contribution in [2.24, 2.45) is 0 Å². The van der Waals surface area contributed by atoms with Gasteiger partial charge in [-0.1, -0.05) is 12.1 Å². The van der Waals surface area contributed by atoms with Crippen molar-refractivity contribution in [3.63, 3.8) is 0 Å². The highest BCUT2D eigenvalue weighted by Gasteiger charge is 2.38. The number of halogens is 3. The van der Waals surface area contributed by atoms with Crippen LogP contribution in [0.2, 0.25) is 0 Å². The van der Waals surface area contributed by atoms with Crippen molar-refractivity contribution in [1.29, 1.82) is 0 Å². The molecule has 0 aliphatic heterocycles. The zero-order valence-corrected chi connectivity index (χ0v) is 8.85. The molecule has 0 amide bonds. The molecule has 1 heterocycles. The maximum Gasteiger partial charge on any atom is 0.437 e. The summed E-state index contributed by atoms with van der Waals surface area (Å²) in [5.41, 5.74) is -0.752. The van der Waals surface area contributed by atoms with E-state index >= 15 is 0 Å². The van der Waals surface area contributed by atoms with Crippen LogP contribution in [0.4, 0.5) is 13.2 Å². The van der Waals surface area contributed by atoms with E-state index in [-0.39, 0.29) is 17.7 Å². The predicted octanol–water partition coefficient (Wildman–Crippen LogP) is 2.32. The number of hydrogen-bond acceptors (Lipinski definition) is 3. The van der Waals surface area contributed by atoms with Crippen LogP contribution in [0.15, 0.2) is 4.52 Å². The van der Waals surface area contributed by atoms with Crippen molar-refractivity contribution in [2.75, 3.05) is 14.1 Å². The van der Waals surface area contributed by atoms with E-state index in [0.29, 0.717) is 6.54 Å². The Morgan fingerprint density at radius 1 is 1.33 bits per heavy atom. The molecule has 0 N–H and O–H groups in total. The average Bonchev–Trinajstić information content (AvgIpc) is 2.45. The van der Waals surface area contributed by atoms with E-state index in [4.69, 9.17) is 4.52 Å². The highest BCUT2D eigenvalue weighted by atomic mass is 19.4. The summed E-state index contributed by atoms with van der Waals surface area (Å²) >= 11 is 0. The zero-order chi connectivity index (χ0) is 11.6. The summed E-state index contributed by atoms with van der Waals surface area (Å²) in [5.74, 6) is 0.287. The minimum absolute atomic E-state index is 0.149. The maximum atomic E-state index is 12.5. The predicted molar refractivity (Wildman–Crippen MR) is 48.3 cm³/mol. The van der Waals surface area contributed by atoms with E-state index in [2.05, 4.69) is 5.16 Å². The lowest BCUT2D eigenvalue weighted by atomic mass is 10.1. The van der Waals surface area contributed by atoms with Crippen LogP contribution in [0.5, 0.6) is 0 Å². The normalized spacial score (nSPS) is 12.5. The summed E-state index contributed by atoms with van der Waals surface area (Å²) < 4.78 is 42.1. The average molecular weight is 222 g/mol. The molecule has 0 bridgehead atoms. The number of alkyl halides is 3. The molecule has 1 aromatic heterocycles. The van der Waals surface area contributed by atoms with Crippen LogP contribution in [0.3, 0.4) is 0 Å². The van der Waals surface area contributed by atoms with E-state index in [9.17, 15) is 13.2 Å². The summed E-state index contributed by atoms with van der Waals surface area (Å²) in [7, 11) is 3.52. The van der Waals surface area contributed by atoms with Crippen molar-refractivity contribution < 1.29 is 17.7 Å². The smallest absolute Gasteiger partial charge is 0.359 e. The van der Waals surface area contributed by atoms with Crippen LogP contribution in [0.25, 0.3) is 0 Å². The minimum Gasteiger partial charge on any atom is -0.359 e. The van der Waals surface area contributed by atoms with Gasteiger partial charge in [-0.05, 0) is 20.5 Å². The minimum atomic E-state index is -4.43. The van der Waals surface area contributed by atoms with Crippen molar-refractivity contribution >= 4 is 0 Å². The Bertz CT molecular complexity index is 331. The highest BCUT2D eigenvalue weighted by Crippen LogP contribution is 2.33. The van der Waals surface area contributed by atoms with Gasteiger partial charge in [0, 0.05) is 5.56 Å². The van der Waals surface area contributed by atoms with Gasteiger partial charge in [0.25, 0.3) is 0 Å². The third kappa shape index (κ3) is 2.71. The van der Waals surface area contributed by atoms with Crippen LogP contribution in [-0.4, -0.2) is 24.2 Å². The molecule has 6 heteroatoms. The van der Waals surface area contributed by atoms with Gasteiger partial charge in [-0.3, -0.25) is 0 Å². The Morgan fingerprint density at radius 3 is 2.33 bits per heavy atom. The van der Waals surface area contributed by atoms with Crippen LogP contribution >= 0.6 is 0 Å². The Balaban J connectivity index is 3.06. The molecule has 0 spiro atoms. The lowest BCUT2D eigenvalue weighted by Gasteiger charge is -2.08. The van der Waals surface area contributed by atoms with Crippen LogP contribution < -0.4 is 0 Å². The van der Waals surface area contributed by atoms with E-state index in [1.54, 1.807) is 25.9 Å². The summed E-state index contributed by atoms with van der Waals surface area (Å²) in [5, 5.41) is 3.08. The quantitative estimate of drug-likeness (QED) is 0.785. The fourth-order valence-corrected chi connectivity index (χ4v) is 1.34. The molecule has 0 saturated heterocycles. The van der Waals surface area contributed by atoms with Gasteiger partial charge >= 0.3 is 6.18 Å². The molecule has 0 radical (unpaired) electrons. The van der Waals surface area contributed by atoms with E-state index in [1.807, 2.05) is 0 Å². The second-order valence-electron chi connectivity index (χ2n) is 3.52. The molecule has 0 atom stereocenters. The second kappa shape index (κ2) is 4.22. The summed E-state index contributed by atoms with van der Waals surface area (Å²) in [6, 6.07) is 0. The van der Waals surface area contributed by atoms with Gasteiger partial charge in [0.05, 0.1) is 6.54 Å². The summed E-state index contributed by atoms with van der Waals surface area (Å²) in [6.07, 6.45) is -4.17. The second-order valence-corrected chi connectivity index (χ2v) is 3.52. The Hall–Kier alpha value is -1.04. The molecular weight excluding hydrogens is 209 g/mol. The third-order valence-corrected chi connectivity index (χ3v) is 1.95. The van der Waals surface area contributed by atoms with Crippen molar-refractivity contribution in [3.05, 3.63) is 17.0 Å². The van der Waals surface area contributed by atoms with Gasteiger partial charge in [-0.25, -0.2) is 0 Å². The Morgan fingerprint density at radius 2 is 1.93 bits per heavy atom. The third-order valence-electron chi connectivity index (χ3n) is 1.95. The van der Waals surface area contributed by atoms with E-state index in [0.717, 1.165) is 0 Å². The Kier molecular flexibility index (Phi) is 3.38. The van der Waals surface area contributed by atoms with Gasteiger partial charge < -0.3 is 9.42 Å². The molecular formula is C9H13F3N2O. The first-order valence-electron chi connectivity index (χ1n) is 4.55. The number of hydrogen-bond donors (Lipinski definition) is 0. The lowest BCUT2D eigenvalue weighted by Crippen LogP contribution is -2.13. The molecule has 0 aliphatic rings. The van der Waals surface area contributed by atoms with Crippen LogP contribution in [-0.2, 0) is 19.1 Å². The molecule has 15 heavy (non-hydrogen) atoms. The van der Waals surface area contributed by atoms with Crippen molar-refractivity contribution in [1.82, 2.24) is 10.1 Å². The molecule has 0 fully saturated rings. The first-order chi connectivity index (χ1) is 6.86. The number of aromatic nitrogens is 1. The van der Waals surface area contributed by atoms with Crippen molar-refractivity contribution in [3.8, 4) is 0 Å². The van der Waals surface area contributed by atoms with Crippen molar-refractivity contribution in [2.45, 2.75) is 26.1 Å². The lowest BCUT2D eigenvalue weighted by molar-refractivity contribution is -0.143. The molecule has 0 aliphatic carbocycles. The molecule has 1 rings (SSSR count). The van der Waals surface area contributed by atoms with Gasteiger partial charge in [-0.15, -0.1) is 0 Å². The molecule has 0 unspecified atom stereocenters. The maximum absolute atomic E-state index is 12.5.